The van der Waals surface area contributed by atoms with Crippen LogP contribution >= 0.6 is 0 Å². The summed E-state index contributed by atoms with van der Waals surface area (Å²) >= 11 is 0. The number of hydrogen-bond acceptors (Lipinski definition) is 3. The van der Waals surface area contributed by atoms with Gasteiger partial charge in [-0.15, -0.1) is 0 Å². The van der Waals surface area contributed by atoms with Gasteiger partial charge in [0, 0.05) is 24.6 Å². The fourth-order valence-electron chi connectivity index (χ4n) is 3.18. The van der Waals surface area contributed by atoms with E-state index >= 15 is 0 Å². The maximum atomic E-state index is 12.4. The Kier molecular flexibility index (Phi) is 3.96. The molecule has 1 saturated heterocycles. The lowest BCUT2D eigenvalue weighted by atomic mass is 9.89. The molecule has 2 atom stereocenters. The van der Waals surface area contributed by atoms with Gasteiger partial charge in [-0.3, -0.25) is 14.4 Å². The fourth-order valence-corrected chi connectivity index (χ4v) is 3.18. The highest BCUT2D eigenvalue weighted by atomic mass is 16.4. The highest BCUT2D eigenvalue weighted by Crippen LogP contribution is 2.40. The highest BCUT2D eigenvalue weighted by Gasteiger charge is 2.50. The number of carboxylic acids is 1. The lowest BCUT2D eigenvalue weighted by Crippen LogP contribution is -2.41. The minimum absolute atomic E-state index is 0.0408. The first-order valence-corrected chi connectivity index (χ1v) is 7.69. The Bertz CT molecular complexity index is 590. The molecule has 0 radical (unpaired) electrons. The van der Waals surface area contributed by atoms with E-state index in [4.69, 9.17) is 5.11 Å². The number of carboxylic acid groups (broad SMARTS) is 1. The third-order valence-electron chi connectivity index (χ3n) is 4.66. The van der Waals surface area contributed by atoms with E-state index < -0.39 is 11.9 Å². The number of carbonyl (C=O) groups excluding carboxylic acids is 2. The second kappa shape index (κ2) is 5.91. The van der Waals surface area contributed by atoms with E-state index in [-0.39, 0.29) is 23.5 Å². The van der Waals surface area contributed by atoms with Crippen molar-refractivity contribution in [1.29, 1.82) is 0 Å². The van der Waals surface area contributed by atoms with Crippen molar-refractivity contribution >= 4 is 17.7 Å². The number of amides is 1. The monoisotopic (exact) mass is 301 g/mol. The molecule has 116 valence electrons. The highest BCUT2D eigenvalue weighted by molar-refractivity contribution is 5.98. The van der Waals surface area contributed by atoms with Gasteiger partial charge in [0.1, 0.15) is 0 Å². The first kappa shape index (κ1) is 14.8. The van der Waals surface area contributed by atoms with Crippen LogP contribution in [0.5, 0.6) is 0 Å². The molecule has 0 bridgehead atoms. The smallest absolute Gasteiger partial charge is 0.307 e. The van der Waals surface area contributed by atoms with Crippen LogP contribution in [0.1, 0.15) is 29.6 Å². The Hall–Kier alpha value is -2.17. The second-order valence-electron chi connectivity index (χ2n) is 6.12. The third kappa shape index (κ3) is 2.89. The van der Waals surface area contributed by atoms with E-state index in [1.807, 2.05) is 30.3 Å². The summed E-state index contributed by atoms with van der Waals surface area (Å²) < 4.78 is 0. The van der Waals surface area contributed by atoms with Gasteiger partial charge in [0.25, 0.3) is 0 Å². The number of rotatable bonds is 4. The summed E-state index contributed by atoms with van der Waals surface area (Å²) in [6, 6.07) is 9.23. The van der Waals surface area contributed by atoms with Gasteiger partial charge in [-0.05, 0) is 19.3 Å². The number of carbonyl (C=O) groups is 3. The minimum Gasteiger partial charge on any atom is -0.481 e. The van der Waals surface area contributed by atoms with E-state index in [0.717, 1.165) is 5.56 Å². The molecule has 2 aliphatic rings. The molecule has 1 aromatic carbocycles. The van der Waals surface area contributed by atoms with E-state index in [9.17, 15) is 14.4 Å². The van der Waals surface area contributed by atoms with Gasteiger partial charge >= 0.3 is 5.97 Å². The maximum absolute atomic E-state index is 12.4. The molecule has 3 rings (SSSR count). The summed E-state index contributed by atoms with van der Waals surface area (Å²) in [5.74, 6) is -1.69. The molecular weight excluding hydrogens is 282 g/mol. The number of ketones is 1. The fraction of sp³-hybridized carbons (Fsp3) is 0.471. The van der Waals surface area contributed by atoms with Crippen LogP contribution in [0.4, 0.5) is 0 Å². The molecule has 0 spiro atoms. The van der Waals surface area contributed by atoms with E-state index in [1.54, 1.807) is 4.90 Å². The van der Waals surface area contributed by atoms with Crippen molar-refractivity contribution in [2.24, 2.45) is 17.8 Å². The Balaban J connectivity index is 1.54. The predicted octanol–water partition coefficient (Wildman–Crippen LogP) is 1.83. The summed E-state index contributed by atoms with van der Waals surface area (Å²) in [4.78, 5) is 37.1. The van der Waals surface area contributed by atoms with Crippen LogP contribution in [0.15, 0.2) is 30.3 Å². The molecule has 1 aliphatic carbocycles. The topological polar surface area (TPSA) is 74.7 Å². The first-order valence-electron chi connectivity index (χ1n) is 7.69. The molecule has 22 heavy (non-hydrogen) atoms. The Morgan fingerprint density at radius 3 is 2.18 bits per heavy atom. The van der Waals surface area contributed by atoms with Gasteiger partial charge in [-0.25, -0.2) is 0 Å². The van der Waals surface area contributed by atoms with Crippen LogP contribution in [0.25, 0.3) is 0 Å². The lowest BCUT2D eigenvalue weighted by Gasteiger charge is -2.31. The zero-order chi connectivity index (χ0) is 15.7. The van der Waals surface area contributed by atoms with Gasteiger partial charge in [-0.2, -0.15) is 0 Å². The molecule has 5 nitrogen and oxygen atoms in total. The van der Waals surface area contributed by atoms with Crippen molar-refractivity contribution in [1.82, 2.24) is 4.90 Å². The molecule has 1 aromatic rings. The van der Waals surface area contributed by atoms with Crippen molar-refractivity contribution in [2.45, 2.75) is 19.3 Å². The van der Waals surface area contributed by atoms with Crippen molar-refractivity contribution in [2.75, 3.05) is 13.1 Å². The van der Waals surface area contributed by atoms with Crippen molar-refractivity contribution in [3.8, 4) is 0 Å². The minimum atomic E-state index is -0.882. The van der Waals surface area contributed by atoms with Gasteiger partial charge in [0.15, 0.2) is 5.78 Å². The van der Waals surface area contributed by atoms with Crippen LogP contribution < -0.4 is 0 Å². The summed E-state index contributed by atoms with van der Waals surface area (Å²) in [5, 5.41) is 8.90. The summed E-state index contributed by atoms with van der Waals surface area (Å²) in [7, 11) is 0. The van der Waals surface area contributed by atoms with Crippen LogP contribution in [-0.4, -0.2) is 40.8 Å². The van der Waals surface area contributed by atoms with Crippen LogP contribution in [0, 0.1) is 17.8 Å². The van der Waals surface area contributed by atoms with Gasteiger partial charge in [0.05, 0.1) is 11.8 Å². The van der Waals surface area contributed by atoms with E-state index in [0.29, 0.717) is 32.4 Å². The second-order valence-corrected chi connectivity index (χ2v) is 6.12. The number of likely N-dealkylation sites (tertiary alicyclic amines) is 1. The lowest BCUT2D eigenvalue weighted by molar-refractivity contribution is -0.142. The molecular formula is C17H19NO4. The Morgan fingerprint density at radius 1 is 1.00 bits per heavy atom. The number of nitrogens with zero attached hydrogens (tertiary/aromatic N) is 1. The maximum Gasteiger partial charge on any atom is 0.307 e. The van der Waals surface area contributed by atoms with Crippen LogP contribution in [0.3, 0.4) is 0 Å². The SMILES string of the molecule is O=C(c1ccccc1)C1CCN(C(=O)C2CC2C(=O)O)CC1. The molecule has 1 N–H and O–H groups in total. The van der Waals surface area contributed by atoms with E-state index in [2.05, 4.69) is 0 Å². The summed E-state index contributed by atoms with van der Waals surface area (Å²) in [5.41, 5.74) is 0.723. The predicted molar refractivity (Wildman–Crippen MR) is 79.3 cm³/mol. The number of benzene rings is 1. The number of aliphatic carboxylic acids is 1. The van der Waals surface area contributed by atoms with E-state index in [1.165, 1.54) is 0 Å². The van der Waals surface area contributed by atoms with Crippen LogP contribution in [-0.2, 0) is 9.59 Å². The largest absolute Gasteiger partial charge is 0.481 e. The van der Waals surface area contributed by atoms with Gasteiger partial charge in [0.2, 0.25) is 5.91 Å². The zero-order valence-corrected chi connectivity index (χ0v) is 12.3. The Morgan fingerprint density at radius 2 is 1.64 bits per heavy atom. The average molecular weight is 301 g/mol. The molecule has 2 fully saturated rings. The summed E-state index contributed by atoms with van der Waals surface area (Å²) in [6.45, 7) is 1.09. The number of piperidine rings is 1. The molecule has 0 aromatic heterocycles. The average Bonchev–Trinajstić information content (AvgIpc) is 3.35. The Labute approximate surface area is 128 Å². The summed E-state index contributed by atoms with van der Waals surface area (Å²) in [6.07, 6.45) is 1.77. The first-order chi connectivity index (χ1) is 10.6. The van der Waals surface area contributed by atoms with Gasteiger partial charge < -0.3 is 10.0 Å². The standard InChI is InChI=1S/C17H19NO4/c19-15(11-4-2-1-3-5-11)12-6-8-18(9-7-12)16(20)13-10-14(13)17(21)22/h1-5,12-14H,6-10H2,(H,21,22). The zero-order valence-electron chi connectivity index (χ0n) is 12.3. The number of Topliss-reactive ketones (excluding diaryl/α,β-unsaturated/α-hetero) is 1. The normalized spacial score (nSPS) is 24.8. The molecule has 1 heterocycles. The van der Waals surface area contributed by atoms with Crippen LogP contribution in [0.2, 0.25) is 0 Å². The van der Waals surface area contributed by atoms with Gasteiger partial charge in [-0.1, -0.05) is 30.3 Å². The van der Waals surface area contributed by atoms with Crippen molar-refractivity contribution < 1.29 is 19.5 Å². The van der Waals surface area contributed by atoms with Crippen molar-refractivity contribution in [3.05, 3.63) is 35.9 Å². The quantitative estimate of drug-likeness (QED) is 0.861. The number of hydrogen-bond donors (Lipinski definition) is 1. The molecule has 1 aliphatic heterocycles. The van der Waals surface area contributed by atoms with Crippen molar-refractivity contribution in [3.63, 3.8) is 0 Å². The molecule has 1 amide bonds. The molecule has 2 unspecified atom stereocenters. The third-order valence-corrected chi connectivity index (χ3v) is 4.66. The molecule has 1 saturated carbocycles. The molecule has 5 heteroatoms.